The summed E-state index contributed by atoms with van der Waals surface area (Å²) in [7, 11) is 0. The summed E-state index contributed by atoms with van der Waals surface area (Å²) in [6.07, 6.45) is 0.932. The number of hydrogen-bond donors (Lipinski definition) is 1. The molecule has 0 saturated heterocycles. The first-order valence-corrected chi connectivity index (χ1v) is 11.3. The van der Waals surface area contributed by atoms with Crippen molar-refractivity contribution in [2.45, 2.75) is 19.6 Å². The molecule has 0 fully saturated rings. The van der Waals surface area contributed by atoms with E-state index in [2.05, 4.69) is 47.8 Å². The molecule has 0 aliphatic heterocycles. The van der Waals surface area contributed by atoms with Gasteiger partial charge in [-0.25, -0.2) is 0 Å². The highest BCUT2D eigenvalue weighted by molar-refractivity contribution is 6.42. The lowest BCUT2D eigenvalue weighted by Gasteiger charge is -2.15. The standard InChI is InChI=1S/C26H22Cl3NO/c27-21-9-5-18(6-10-21)13-14-30-16-23-22-4-2-1-3-20(22)8-12-26(23)31-17-19-7-11-24(28)25(29)15-19/h1-12,15,30H,13-14,16-17H2. The summed E-state index contributed by atoms with van der Waals surface area (Å²) in [5.74, 6) is 0.865. The summed E-state index contributed by atoms with van der Waals surface area (Å²) in [4.78, 5) is 0. The maximum Gasteiger partial charge on any atom is 0.124 e. The molecule has 31 heavy (non-hydrogen) atoms. The molecular weight excluding hydrogens is 449 g/mol. The largest absolute Gasteiger partial charge is 0.489 e. The number of benzene rings is 4. The maximum atomic E-state index is 6.20. The molecule has 4 aromatic carbocycles. The van der Waals surface area contributed by atoms with Gasteiger partial charge in [0, 0.05) is 17.1 Å². The van der Waals surface area contributed by atoms with Crippen LogP contribution in [0.25, 0.3) is 10.8 Å². The summed E-state index contributed by atoms with van der Waals surface area (Å²) in [6.45, 7) is 2.00. The van der Waals surface area contributed by atoms with Crippen LogP contribution in [-0.2, 0) is 19.6 Å². The second kappa shape index (κ2) is 10.4. The molecule has 0 unspecified atom stereocenters. The number of ether oxygens (including phenoxy) is 1. The molecule has 0 aliphatic rings. The van der Waals surface area contributed by atoms with Crippen molar-refractivity contribution < 1.29 is 4.74 Å². The van der Waals surface area contributed by atoms with Gasteiger partial charge in [-0.15, -0.1) is 0 Å². The molecular formula is C26H22Cl3NO. The van der Waals surface area contributed by atoms with E-state index < -0.39 is 0 Å². The molecule has 2 nitrogen and oxygen atoms in total. The van der Waals surface area contributed by atoms with Gasteiger partial charge in [0.05, 0.1) is 10.0 Å². The second-order valence-corrected chi connectivity index (χ2v) is 8.60. The van der Waals surface area contributed by atoms with Crippen LogP contribution in [-0.4, -0.2) is 6.54 Å². The van der Waals surface area contributed by atoms with Gasteiger partial charge >= 0.3 is 0 Å². The zero-order valence-electron chi connectivity index (χ0n) is 16.9. The highest BCUT2D eigenvalue weighted by Crippen LogP contribution is 2.29. The van der Waals surface area contributed by atoms with Crippen LogP contribution >= 0.6 is 34.8 Å². The van der Waals surface area contributed by atoms with Gasteiger partial charge in [0.15, 0.2) is 0 Å². The molecule has 0 radical (unpaired) electrons. The van der Waals surface area contributed by atoms with Crippen molar-refractivity contribution >= 4 is 45.6 Å². The molecule has 1 N–H and O–H groups in total. The van der Waals surface area contributed by atoms with Gasteiger partial charge in [0.1, 0.15) is 12.4 Å². The third kappa shape index (κ3) is 5.72. The van der Waals surface area contributed by atoms with Gasteiger partial charge in [0.25, 0.3) is 0 Å². The van der Waals surface area contributed by atoms with Crippen LogP contribution in [0.1, 0.15) is 16.7 Å². The molecule has 4 rings (SSSR count). The van der Waals surface area contributed by atoms with Crippen molar-refractivity contribution in [2.24, 2.45) is 0 Å². The van der Waals surface area contributed by atoms with E-state index in [9.17, 15) is 0 Å². The minimum Gasteiger partial charge on any atom is -0.489 e. The molecule has 4 aromatic rings. The zero-order chi connectivity index (χ0) is 21.6. The van der Waals surface area contributed by atoms with Gasteiger partial charge < -0.3 is 10.1 Å². The highest BCUT2D eigenvalue weighted by atomic mass is 35.5. The lowest BCUT2D eigenvalue weighted by atomic mass is 10.0. The van der Waals surface area contributed by atoms with Crippen molar-refractivity contribution in [1.82, 2.24) is 5.32 Å². The monoisotopic (exact) mass is 469 g/mol. The fourth-order valence-electron chi connectivity index (χ4n) is 3.52. The van der Waals surface area contributed by atoms with Gasteiger partial charge in [0.2, 0.25) is 0 Å². The lowest BCUT2D eigenvalue weighted by Crippen LogP contribution is -2.17. The summed E-state index contributed by atoms with van der Waals surface area (Å²) in [5, 5.41) is 7.78. The van der Waals surface area contributed by atoms with Gasteiger partial charge in [-0.3, -0.25) is 0 Å². The van der Waals surface area contributed by atoms with Gasteiger partial charge in [-0.1, -0.05) is 83.3 Å². The summed E-state index contributed by atoms with van der Waals surface area (Å²) < 4.78 is 6.20. The Morgan fingerprint density at radius 1 is 0.742 bits per heavy atom. The first-order chi connectivity index (χ1) is 15.1. The van der Waals surface area contributed by atoms with Crippen LogP contribution in [0, 0.1) is 0 Å². The Bertz CT molecular complexity index is 1180. The second-order valence-electron chi connectivity index (χ2n) is 7.35. The lowest BCUT2D eigenvalue weighted by molar-refractivity contribution is 0.303. The first kappa shape index (κ1) is 22.0. The van der Waals surface area contributed by atoms with Crippen molar-refractivity contribution in [3.05, 3.63) is 111 Å². The Morgan fingerprint density at radius 2 is 1.52 bits per heavy atom. The van der Waals surface area contributed by atoms with Crippen LogP contribution in [0.15, 0.2) is 78.9 Å². The predicted molar refractivity (Wildman–Crippen MR) is 132 cm³/mol. The summed E-state index contributed by atoms with van der Waals surface area (Å²) in [6, 6.07) is 26.0. The third-order valence-corrected chi connectivity index (χ3v) is 6.17. The molecule has 0 aliphatic carbocycles. The summed E-state index contributed by atoms with van der Waals surface area (Å²) in [5.41, 5.74) is 3.38. The molecule has 0 spiro atoms. The molecule has 5 heteroatoms. The molecule has 0 atom stereocenters. The van der Waals surface area contributed by atoms with E-state index >= 15 is 0 Å². The average Bonchev–Trinajstić information content (AvgIpc) is 2.79. The van der Waals surface area contributed by atoms with E-state index in [0.29, 0.717) is 23.2 Å². The highest BCUT2D eigenvalue weighted by Gasteiger charge is 2.10. The van der Waals surface area contributed by atoms with Gasteiger partial charge in [-0.05, 0) is 65.2 Å². The van der Waals surface area contributed by atoms with E-state index in [1.165, 1.54) is 16.3 Å². The van der Waals surface area contributed by atoms with Gasteiger partial charge in [-0.2, -0.15) is 0 Å². The zero-order valence-corrected chi connectivity index (χ0v) is 19.1. The smallest absolute Gasteiger partial charge is 0.124 e. The fraction of sp³-hybridized carbons (Fsp3) is 0.154. The Hall–Kier alpha value is -2.23. The Morgan fingerprint density at radius 3 is 2.32 bits per heavy atom. The topological polar surface area (TPSA) is 21.3 Å². The van der Waals surface area contributed by atoms with Crippen LogP contribution in [0.4, 0.5) is 0 Å². The van der Waals surface area contributed by atoms with Crippen LogP contribution in [0.3, 0.4) is 0 Å². The van der Waals surface area contributed by atoms with Crippen LogP contribution in [0.2, 0.25) is 15.1 Å². The SMILES string of the molecule is Clc1ccc(CCNCc2c(OCc3ccc(Cl)c(Cl)c3)ccc3ccccc23)cc1. The number of halogens is 3. The molecule has 0 saturated carbocycles. The number of rotatable bonds is 8. The molecule has 0 heterocycles. The van der Waals surface area contributed by atoms with Crippen molar-refractivity contribution in [3.8, 4) is 5.75 Å². The quantitative estimate of drug-likeness (QED) is 0.266. The number of hydrogen-bond acceptors (Lipinski definition) is 2. The van der Waals surface area contributed by atoms with Crippen LogP contribution in [0.5, 0.6) is 5.75 Å². The van der Waals surface area contributed by atoms with E-state index in [1.54, 1.807) is 6.07 Å². The normalized spacial score (nSPS) is 11.1. The first-order valence-electron chi connectivity index (χ1n) is 10.1. The van der Waals surface area contributed by atoms with E-state index in [0.717, 1.165) is 34.9 Å². The summed E-state index contributed by atoms with van der Waals surface area (Å²) >= 11 is 18.1. The minimum absolute atomic E-state index is 0.424. The van der Waals surface area contributed by atoms with Crippen molar-refractivity contribution in [3.63, 3.8) is 0 Å². The molecule has 0 amide bonds. The molecule has 0 bridgehead atoms. The van der Waals surface area contributed by atoms with Crippen molar-refractivity contribution in [1.29, 1.82) is 0 Å². The minimum atomic E-state index is 0.424. The fourth-order valence-corrected chi connectivity index (χ4v) is 3.97. The number of nitrogens with one attached hydrogen (secondary N) is 1. The third-order valence-electron chi connectivity index (χ3n) is 5.18. The Labute approximate surface area is 197 Å². The number of fused-ring (bicyclic) bond motifs is 1. The van der Waals surface area contributed by atoms with Crippen molar-refractivity contribution in [2.75, 3.05) is 6.54 Å². The van der Waals surface area contributed by atoms with E-state index in [-0.39, 0.29) is 0 Å². The predicted octanol–water partition coefficient (Wildman–Crippen LogP) is 7.71. The van der Waals surface area contributed by atoms with E-state index in [1.807, 2.05) is 30.3 Å². The Kier molecular flexibility index (Phi) is 7.37. The Balaban J connectivity index is 1.48. The van der Waals surface area contributed by atoms with Crippen LogP contribution < -0.4 is 10.1 Å². The maximum absolute atomic E-state index is 6.20. The average molecular weight is 471 g/mol. The molecule has 0 aromatic heterocycles. The molecule has 158 valence electrons. The van der Waals surface area contributed by atoms with E-state index in [4.69, 9.17) is 39.5 Å².